The molecular weight excluding hydrogens is 427 g/mol. The zero-order chi connectivity index (χ0) is 21.2. The molecule has 0 aliphatic rings. The number of halogens is 2. The van der Waals surface area contributed by atoms with Crippen LogP contribution < -0.4 is 5.32 Å². The predicted octanol–water partition coefficient (Wildman–Crippen LogP) is 5.17. The van der Waals surface area contributed by atoms with Crippen molar-refractivity contribution in [2.24, 2.45) is 0 Å². The van der Waals surface area contributed by atoms with Crippen LogP contribution in [0.25, 0.3) is 0 Å². The molecule has 4 nitrogen and oxygen atoms in total. The Morgan fingerprint density at radius 2 is 1.86 bits per heavy atom. The van der Waals surface area contributed by atoms with Gasteiger partial charge >= 0.3 is 0 Å². The minimum Gasteiger partial charge on any atom is -0.355 e. The Bertz CT molecular complexity index is 818. The van der Waals surface area contributed by atoms with Crippen LogP contribution in [0.2, 0.25) is 10.0 Å². The van der Waals surface area contributed by atoms with Gasteiger partial charge in [-0.15, -0.1) is 0 Å². The van der Waals surface area contributed by atoms with E-state index in [1.165, 1.54) is 5.56 Å². The maximum Gasteiger partial charge on any atom is 0.242 e. The van der Waals surface area contributed by atoms with E-state index in [0.29, 0.717) is 28.8 Å². The van der Waals surface area contributed by atoms with Gasteiger partial charge in [-0.05, 0) is 37.1 Å². The van der Waals surface area contributed by atoms with Crippen LogP contribution in [0.1, 0.15) is 31.4 Å². The van der Waals surface area contributed by atoms with Crippen LogP contribution in [0, 0.1) is 0 Å². The van der Waals surface area contributed by atoms with Crippen molar-refractivity contribution in [2.75, 3.05) is 12.3 Å². The first-order valence-electron chi connectivity index (χ1n) is 9.55. The summed E-state index contributed by atoms with van der Waals surface area (Å²) in [6.07, 6.45) is 0.354. The molecule has 0 spiro atoms. The molecule has 2 aromatic carbocycles. The number of benzene rings is 2. The first kappa shape index (κ1) is 23.6. The molecular formula is C22H26Cl2N2O2S. The largest absolute Gasteiger partial charge is 0.355 e. The molecule has 1 atom stereocenters. The summed E-state index contributed by atoms with van der Waals surface area (Å²) >= 11 is 14.0. The van der Waals surface area contributed by atoms with Crippen molar-refractivity contribution in [1.82, 2.24) is 10.2 Å². The molecule has 0 fully saturated rings. The molecule has 7 heteroatoms. The van der Waals surface area contributed by atoms with Crippen molar-refractivity contribution >= 4 is 46.8 Å². The third kappa shape index (κ3) is 7.57. The van der Waals surface area contributed by atoms with Gasteiger partial charge in [-0.25, -0.2) is 0 Å². The zero-order valence-electron chi connectivity index (χ0n) is 16.7. The van der Waals surface area contributed by atoms with E-state index >= 15 is 0 Å². The van der Waals surface area contributed by atoms with Crippen LogP contribution in [-0.2, 0) is 21.9 Å². The van der Waals surface area contributed by atoms with Gasteiger partial charge in [0.2, 0.25) is 11.8 Å². The van der Waals surface area contributed by atoms with Crippen molar-refractivity contribution in [3.05, 3.63) is 69.7 Å². The van der Waals surface area contributed by atoms with Crippen molar-refractivity contribution in [1.29, 1.82) is 0 Å². The molecule has 0 saturated carbocycles. The molecule has 0 saturated heterocycles. The minimum absolute atomic E-state index is 0.0738. The number of thioether (sulfide) groups is 1. The molecule has 2 aromatic rings. The lowest BCUT2D eigenvalue weighted by Gasteiger charge is -2.29. The Morgan fingerprint density at radius 3 is 2.52 bits per heavy atom. The maximum absolute atomic E-state index is 13.0. The molecule has 2 rings (SSSR count). The molecule has 0 aliphatic carbocycles. The third-order valence-electron chi connectivity index (χ3n) is 4.45. The molecule has 0 bridgehead atoms. The molecule has 0 aliphatic heterocycles. The van der Waals surface area contributed by atoms with E-state index in [2.05, 4.69) is 17.4 Å². The van der Waals surface area contributed by atoms with Crippen LogP contribution in [0.3, 0.4) is 0 Å². The maximum atomic E-state index is 13.0. The molecule has 1 N–H and O–H groups in total. The Hall–Kier alpha value is -1.69. The number of nitrogens with one attached hydrogen (secondary N) is 1. The Balaban J connectivity index is 2.02. The van der Waals surface area contributed by atoms with E-state index < -0.39 is 6.04 Å². The smallest absolute Gasteiger partial charge is 0.242 e. The molecule has 156 valence electrons. The van der Waals surface area contributed by atoms with Gasteiger partial charge in [-0.1, -0.05) is 59.6 Å². The molecule has 2 amide bonds. The van der Waals surface area contributed by atoms with Crippen LogP contribution in [0.5, 0.6) is 0 Å². The number of nitrogens with zero attached hydrogens (tertiary/aromatic N) is 1. The summed E-state index contributed by atoms with van der Waals surface area (Å²) in [4.78, 5) is 26.9. The highest BCUT2D eigenvalue weighted by Crippen LogP contribution is 2.24. The highest BCUT2D eigenvalue weighted by Gasteiger charge is 2.26. The van der Waals surface area contributed by atoms with Gasteiger partial charge in [0, 0.05) is 41.1 Å². The summed E-state index contributed by atoms with van der Waals surface area (Å²) in [5.74, 6) is 1.28. The molecule has 0 aromatic heterocycles. The average molecular weight is 453 g/mol. The van der Waals surface area contributed by atoms with Gasteiger partial charge in [0.15, 0.2) is 0 Å². The number of hydrogen-bond donors (Lipinski definition) is 1. The van der Waals surface area contributed by atoms with Crippen LogP contribution >= 0.6 is 35.0 Å². The highest BCUT2D eigenvalue weighted by molar-refractivity contribution is 7.98. The van der Waals surface area contributed by atoms with E-state index in [-0.39, 0.29) is 18.4 Å². The quantitative estimate of drug-likeness (QED) is 0.505. The van der Waals surface area contributed by atoms with Gasteiger partial charge in [0.05, 0.1) is 0 Å². The van der Waals surface area contributed by atoms with Gasteiger partial charge in [-0.3, -0.25) is 9.59 Å². The van der Waals surface area contributed by atoms with Gasteiger partial charge < -0.3 is 10.2 Å². The topological polar surface area (TPSA) is 49.4 Å². The summed E-state index contributed by atoms with van der Waals surface area (Å²) in [7, 11) is 0. The lowest BCUT2D eigenvalue weighted by molar-refractivity contribution is -0.140. The van der Waals surface area contributed by atoms with E-state index in [0.717, 1.165) is 11.3 Å². The number of carbonyl (C=O) groups is 2. The number of carbonyl (C=O) groups excluding carboxylic acids is 2. The number of rotatable bonds is 10. The normalized spacial score (nSPS) is 11.7. The zero-order valence-corrected chi connectivity index (χ0v) is 19.0. The van der Waals surface area contributed by atoms with Crippen molar-refractivity contribution < 1.29 is 9.59 Å². The summed E-state index contributed by atoms with van der Waals surface area (Å²) in [6, 6.07) is 14.7. The number of likely N-dealkylation sites (N-methyl/N-ethyl adjacent to an activating group) is 1. The first-order valence-corrected chi connectivity index (χ1v) is 11.5. The lowest BCUT2D eigenvalue weighted by atomic mass is 10.1. The van der Waals surface area contributed by atoms with E-state index in [1.54, 1.807) is 41.8 Å². The SMILES string of the molecule is CCNC(=O)C(C)N(Cc1ccc(Cl)cc1Cl)C(=O)CCSCc1ccccc1. The third-order valence-corrected chi connectivity index (χ3v) is 6.06. The second kappa shape index (κ2) is 12.1. The molecule has 0 radical (unpaired) electrons. The minimum atomic E-state index is -0.590. The molecule has 1 unspecified atom stereocenters. The second-order valence-electron chi connectivity index (χ2n) is 6.62. The Morgan fingerprint density at radius 1 is 1.14 bits per heavy atom. The fourth-order valence-electron chi connectivity index (χ4n) is 2.81. The Kier molecular flexibility index (Phi) is 9.85. The Labute approximate surface area is 187 Å². The standard InChI is InChI=1S/C22H26Cl2N2O2S/c1-3-25-22(28)16(2)26(14-18-9-10-19(23)13-20(18)24)21(27)11-12-29-15-17-7-5-4-6-8-17/h4-10,13,16H,3,11-12,14-15H2,1-2H3,(H,25,28). The monoisotopic (exact) mass is 452 g/mol. The van der Waals surface area contributed by atoms with Crippen LogP contribution in [-0.4, -0.2) is 35.1 Å². The van der Waals surface area contributed by atoms with Gasteiger partial charge in [0.1, 0.15) is 6.04 Å². The fourth-order valence-corrected chi connectivity index (χ4v) is 4.17. The molecule has 29 heavy (non-hydrogen) atoms. The van der Waals surface area contributed by atoms with Crippen molar-refractivity contribution in [3.63, 3.8) is 0 Å². The second-order valence-corrected chi connectivity index (χ2v) is 8.56. The first-order chi connectivity index (χ1) is 13.9. The van der Waals surface area contributed by atoms with E-state index in [9.17, 15) is 9.59 Å². The predicted molar refractivity (Wildman–Crippen MR) is 122 cm³/mol. The highest BCUT2D eigenvalue weighted by atomic mass is 35.5. The van der Waals surface area contributed by atoms with E-state index in [1.807, 2.05) is 25.1 Å². The van der Waals surface area contributed by atoms with E-state index in [4.69, 9.17) is 23.2 Å². The lowest BCUT2D eigenvalue weighted by Crippen LogP contribution is -2.47. The fraction of sp³-hybridized carbons (Fsp3) is 0.364. The van der Waals surface area contributed by atoms with Gasteiger partial charge in [0.25, 0.3) is 0 Å². The van der Waals surface area contributed by atoms with Crippen molar-refractivity contribution in [3.8, 4) is 0 Å². The summed E-state index contributed by atoms with van der Waals surface area (Å²) in [6.45, 7) is 4.37. The summed E-state index contributed by atoms with van der Waals surface area (Å²) in [5, 5.41) is 3.80. The van der Waals surface area contributed by atoms with Gasteiger partial charge in [-0.2, -0.15) is 11.8 Å². The van der Waals surface area contributed by atoms with Crippen LogP contribution in [0.15, 0.2) is 48.5 Å². The molecule has 0 heterocycles. The average Bonchev–Trinajstić information content (AvgIpc) is 2.71. The summed E-state index contributed by atoms with van der Waals surface area (Å²) in [5.41, 5.74) is 1.99. The number of amides is 2. The summed E-state index contributed by atoms with van der Waals surface area (Å²) < 4.78 is 0. The number of hydrogen-bond acceptors (Lipinski definition) is 3. The van der Waals surface area contributed by atoms with Crippen LogP contribution in [0.4, 0.5) is 0 Å². The van der Waals surface area contributed by atoms with Crippen molar-refractivity contribution in [2.45, 2.75) is 38.6 Å².